The fourth-order valence-corrected chi connectivity index (χ4v) is 3.58. The molecule has 0 fully saturated rings. The molecule has 0 spiro atoms. The molecule has 130 valence electrons. The zero-order chi connectivity index (χ0) is 18.5. The van der Waals surface area contributed by atoms with Gasteiger partial charge >= 0.3 is 0 Å². The second kappa shape index (κ2) is 6.10. The van der Waals surface area contributed by atoms with Crippen molar-refractivity contribution >= 4 is 16.7 Å². The van der Waals surface area contributed by atoms with Crippen molar-refractivity contribution in [2.75, 3.05) is 0 Å². The summed E-state index contributed by atoms with van der Waals surface area (Å²) in [6.07, 6.45) is 0.746. The number of rotatable bonds is 3. The van der Waals surface area contributed by atoms with E-state index in [1.165, 1.54) is 33.3 Å². The minimum absolute atomic E-state index is 0.0367. The summed E-state index contributed by atoms with van der Waals surface area (Å²) in [4.78, 5) is 11.8. The van der Waals surface area contributed by atoms with E-state index in [9.17, 15) is 4.79 Å². The lowest BCUT2D eigenvalue weighted by molar-refractivity contribution is 0.101. The van der Waals surface area contributed by atoms with Gasteiger partial charge in [-0.3, -0.25) is 4.79 Å². The zero-order valence-electron chi connectivity index (χ0n) is 16.1. The van der Waals surface area contributed by atoms with Crippen LogP contribution in [0.4, 0.5) is 0 Å². The monoisotopic (exact) mass is 335 g/mol. The van der Waals surface area contributed by atoms with Crippen LogP contribution >= 0.6 is 0 Å². The first-order valence-electron chi connectivity index (χ1n) is 8.61. The first-order valence-corrected chi connectivity index (χ1v) is 8.61. The molecule has 0 unspecified atom stereocenters. The number of aromatic nitrogens is 3. The average molecular weight is 335 g/mol. The summed E-state index contributed by atoms with van der Waals surface area (Å²) in [6.45, 7) is 12.0. The third-order valence-electron chi connectivity index (χ3n) is 5.53. The molecule has 4 nitrogen and oxygen atoms in total. The van der Waals surface area contributed by atoms with Gasteiger partial charge in [-0.2, -0.15) is 5.10 Å². The molecule has 0 aliphatic carbocycles. The molecule has 3 rings (SSSR count). The van der Waals surface area contributed by atoms with Crippen LogP contribution in [0.1, 0.15) is 56.6 Å². The van der Waals surface area contributed by atoms with Crippen molar-refractivity contribution in [1.29, 1.82) is 0 Å². The molecule has 0 saturated heterocycles. The summed E-state index contributed by atoms with van der Waals surface area (Å²) >= 11 is 0. The topological polar surface area (TPSA) is 47.8 Å². The molecule has 4 heteroatoms. The van der Waals surface area contributed by atoms with Crippen LogP contribution in [-0.4, -0.2) is 20.5 Å². The summed E-state index contributed by atoms with van der Waals surface area (Å²) < 4.78 is 2.25. The summed E-state index contributed by atoms with van der Waals surface area (Å²) in [5.41, 5.74) is 9.86. The number of carbonyl (C=O) groups is 1. The first kappa shape index (κ1) is 17.3. The fourth-order valence-electron chi connectivity index (χ4n) is 3.58. The Kier molecular flexibility index (Phi) is 4.23. The Morgan fingerprint density at radius 2 is 1.68 bits per heavy atom. The molecule has 3 aromatic rings. The molecule has 0 aliphatic heterocycles. The number of nitrogens with zero attached hydrogens (tertiary/aromatic N) is 3. The number of benzene rings is 1. The molecule has 0 amide bonds. The highest BCUT2D eigenvalue weighted by Crippen LogP contribution is 2.29. The van der Waals surface area contributed by atoms with Gasteiger partial charge in [0.2, 0.25) is 0 Å². The second-order valence-electron chi connectivity index (χ2n) is 7.04. The van der Waals surface area contributed by atoms with Crippen molar-refractivity contribution in [3.05, 3.63) is 57.0 Å². The molecule has 0 N–H and O–H groups in total. The quantitative estimate of drug-likeness (QED) is 0.670. The Bertz CT molecular complexity index is 1010. The van der Waals surface area contributed by atoms with Crippen molar-refractivity contribution in [2.45, 2.75) is 48.0 Å². The van der Waals surface area contributed by atoms with Gasteiger partial charge in [-0.1, -0.05) is 0 Å². The Morgan fingerprint density at radius 3 is 2.32 bits per heavy atom. The molecule has 2 heterocycles. The second-order valence-corrected chi connectivity index (χ2v) is 7.04. The molecule has 0 saturated carbocycles. The lowest BCUT2D eigenvalue weighted by atomic mass is 9.99. The Balaban J connectivity index is 2.17. The van der Waals surface area contributed by atoms with E-state index in [-0.39, 0.29) is 5.78 Å². The van der Waals surface area contributed by atoms with Crippen molar-refractivity contribution in [3.8, 4) is 0 Å². The number of ketones is 1. The van der Waals surface area contributed by atoms with Crippen molar-refractivity contribution < 1.29 is 4.79 Å². The maximum Gasteiger partial charge on any atom is 0.180 e. The van der Waals surface area contributed by atoms with Gasteiger partial charge in [0.05, 0.1) is 5.69 Å². The fraction of sp³-hybridized carbons (Fsp3) is 0.381. The number of carbonyl (C=O) groups excluding carboxylic acids is 1. The van der Waals surface area contributed by atoms with Crippen LogP contribution in [0.5, 0.6) is 0 Å². The highest BCUT2D eigenvalue weighted by atomic mass is 16.1. The average Bonchev–Trinajstić information content (AvgIpc) is 2.85. The summed E-state index contributed by atoms with van der Waals surface area (Å²) in [5, 5.41) is 9.58. The number of aryl methyl sites for hydroxylation is 4. The van der Waals surface area contributed by atoms with E-state index in [0.717, 1.165) is 23.2 Å². The first-order chi connectivity index (χ1) is 11.7. The Labute approximate surface area is 148 Å². The van der Waals surface area contributed by atoms with Gasteiger partial charge in [0.15, 0.2) is 5.78 Å². The van der Waals surface area contributed by atoms with Gasteiger partial charge in [-0.05, 0) is 74.6 Å². The lowest BCUT2D eigenvalue weighted by Crippen LogP contribution is -2.10. The maximum atomic E-state index is 11.8. The van der Waals surface area contributed by atoms with Crippen molar-refractivity contribution in [3.63, 3.8) is 0 Å². The molecule has 0 atom stereocenters. The number of hydrogen-bond donors (Lipinski definition) is 0. The van der Waals surface area contributed by atoms with Gasteiger partial charge in [-0.25, -0.2) is 0 Å². The van der Waals surface area contributed by atoms with Gasteiger partial charge in [0, 0.05) is 37.0 Å². The maximum absolute atomic E-state index is 11.8. The van der Waals surface area contributed by atoms with Gasteiger partial charge in [-0.15, -0.1) is 5.10 Å². The predicted molar refractivity (Wildman–Crippen MR) is 101 cm³/mol. The van der Waals surface area contributed by atoms with E-state index in [4.69, 9.17) is 0 Å². The van der Waals surface area contributed by atoms with E-state index < -0.39 is 0 Å². The molecule has 0 radical (unpaired) electrons. The molecule has 25 heavy (non-hydrogen) atoms. The van der Waals surface area contributed by atoms with Crippen LogP contribution in [0, 0.1) is 34.6 Å². The molecule has 0 bridgehead atoms. The third kappa shape index (κ3) is 2.76. The van der Waals surface area contributed by atoms with Crippen LogP contribution < -0.4 is 0 Å². The Hall–Kier alpha value is -2.49. The predicted octanol–water partition coefficient (Wildman–Crippen LogP) is 4.30. The van der Waals surface area contributed by atoms with Crippen LogP contribution in [0.3, 0.4) is 0 Å². The van der Waals surface area contributed by atoms with Gasteiger partial charge in [0.1, 0.15) is 5.69 Å². The van der Waals surface area contributed by atoms with Crippen LogP contribution in [0.25, 0.3) is 10.9 Å². The van der Waals surface area contributed by atoms with Crippen molar-refractivity contribution in [1.82, 2.24) is 14.8 Å². The van der Waals surface area contributed by atoms with E-state index in [2.05, 4.69) is 54.7 Å². The summed E-state index contributed by atoms with van der Waals surface area (Å²) in [5.74, 6) is -0.0367. The summed E-state index contributed by atoms with van der Waals surface area (Å²) in [6, 6.07) is 4.52. The molecule has 2 aromatic heterocycles. The minimum Gasteiger partial charge on any atom is -0.347 e. The van der Waals surface area contributed by atoms with E-state index in [1.54, 1.807) is 6.92 Å². The third-order valence-corrected chi connectivity index (χ3v) is 5.53. The van der Waals surface area contributed by atoms with E-state index >= 15 is 0 Å². The normalized spacial score (nSPS) is 11.3. The standard InChI is InChI=1S/C21H25N3O/c1-11-8-20-19(13(3)12(11)2)10-17(24(20)7)9-18-14(4)21(16(6)25)23-22-15(18)5/h8,10H,9H2,1-7H3. The highest BCUT2D eigenvalue weighted by Gasteiger charge is 2.17. The number of Topliss-reactive ketones (excluding diaryl/α,β-unsaturated/α-hetero) is 1. The highest BCUT2D eigenvalue weighted by molar-refractivity contribution is 5.93. The zero-order valence-corrected chi connectivity index (χ0v) is 16.1. The minimum atomic E-state index is -0.0367. The molecule has 0 aliphatic rings. The smallest absolute Gasteiger partial charge is 0.180 e. The van der Waals surface area contributed by atoms with Crippen LogP contribution in [0.2, 0.25) is 0 Å². The van der Waals surface area contributed by atoms with Crippen LogP contribution in [0.15, 0.2) is 12.1 Å². The summed E-state index contributed by atoms with van der Waals surface area (Å²) in [7, 11) is 2.11. The van der Waals surface area contributed by atoms with Crippen LogP contribution in [-0.2, 0) is 13.5 Å². The molecule has 1 aromatic carbocycles. The van der Waals surface area contributed by atoms with Gasteiger partial charge < -0.3 is 4.57 Å². The number of hydrogen-bond acceptors (Lipinski definition) is 3. The van der Waals surface area contributed by atoms with Crippen molar-refractivity contribution in [2.24, 2.45) is 7.05 Å². The largest absolute Gasteiger partial charge is 0.347 e. The van der Waals surface area contributed by atoms with Gasteiger partial charge in [0.25, 0.3) is 0 Å². The van der Waals surface area contributed by atoms with E-state index in [0.29, 0.717) is 5.69 Å². The molecular formula is C21H25N3O. The SMILES string of the molecule is CC(=O)c1nnc(C)c(Cc2cc3c(C)c(C)c(C)cc3n2C)c1C. The lowest BCUT2D eigenvalue weighted by Gasteiger charge is -2.12. The van der Waals surface area contributed by atoms with E-state index in [1.807, 2.05) is 13.8 Å². The molecular weight excluding hydrogens is 310 g/mol. The Morgan fingerprint density at radius 1 is 1.00 bits per heavy atom. The number of fused-ring (bicyclic) bond motifs is 1.